The molecule has 0 radical (unpaired) electrons. The van der Waals surface area contributed by atoms with Crippen molar-refractivity contribution in [3.63, 3.8) is 0 Å². The van der Waals surface area contributed by atoms with Crippen LogP contribution in [-0.2, 0) is 9.59 Å². The molecule has 2 aliphatic heterocycles. The van der Waals surface area contributed by atoms with E-state index in [-0.39, 0.29) is 36.6 Å². The first-order valence-corrected chi connectivity index (χ1v) is 9.97. The van der Waals surface area contributed by atoms with Crippen LogP contribution in [0.5, 0.6) is 0 Å². The molecule has 7 nitrogen and oxygen atoms in total. The minimum atomic E-state index is -0.313. The number of imide groups is 1. The van der Waals surface area contributed by atoms with Crippen LogP contribution in [-0.4, -0.2) is 59.6 Å². The normalized spacial score (nSPS) is 16.3. The second kappa shape index (κ2) is 8.65. The van der Waals surface area contributed by atoms with Crippen LogP contribution in [0, 0.1) is 0 Å². The van der Waals surface area contributed by atoms with E-state index >= 15 is 0 Å². The number of amides is 4. The summed E-state index contributed by atoms with van der Waals surface area (Å²) in [6.45, 7) is 2.22. The van der Waals surface area contributed by atoms with Gasteiger partial charge in [-0.2, -0.15) is 0 Å². The fourth-order valence-electron chi connectivity index (χ4n) is 3.39. The molecular formula is C19H22BrN3O4. The maximum absolute atomic E-state index is 12.3. The summed E-state index contributed by atoms with van der Waals surface area (Å²) in [6, 6.07) is 5.02. The molecule has 1 aromatic carbocycles. The smallest absolute Gasteiger partial charge is 0.261 e. The van der Waals surface area contributed by atoms with Crippen LogP contribution in [0.1, 0.15) is 52.8 Å². The highest BCUT2D eigenvalue weighted by Gasteiger charge is 2.35. The van der Waals surface area contributed by atoms with Crippen molar-refractivity contribution in [3.05, 3.63) is 33.8 Å². The second-order valence-corrected chi connectivity index (χ2v) is 7.66. The van der Waals surface area contributed by atoms with E-state index in [1.54, 1.807) is 18.2 Å². The van der Waals surface area contributed by atoms with E-state index in [0.29, 0.717) is 37.1 Å². The van der Waals surface area contributed by atoms with Gasteiger partial charge in [0.05, 0.1) is 11.1 Å². The average Bonchev–Trinajstić information content (AvgIpc) is 3.15. The molecule has 0 aliphatic carbocycles. The van der Waals surface area contributed by atoms with Gasteiger partial charge in [0, 0.05) is 43.5 Å². The maximum Gasteiger partial charge on any atom is 0.261 e. The Kier molecular flexibility index (Phi) is 6.26. The van der Waals surface area contributed by atoms with Crippen LogP contribution in [0.3, 0.4) is 0 Å². The van der Waals surface area contributed by atoms with Gasteiger partial charge in [0.1, 0.15) is 0 Å². The largest absolute Gasteiger partial charge is 0.356 e. The molecule has 4 amide bonds. The SMILES string of the molecule is O=C(CCCN1C(=O)c2ccc(Br)cc2C1=O)NCCCN1CCCC1=O. The molecule has 27 heavy (non-hydrogen) atoms. The van der Waals surface area contributed by atoms with Crippen LogP contribution in [0.25, 0.3) is 0 Å². The lowest BCUT2D eigenvalue weighted by Crippen LogP contribution is -2.33. The van der Waals surface area contributed by atoms with Crippen LogP contribution in [0.4, 0.5) is 0 Å². The first kappa shape index (κ1) is 19.5. The predicted octanol–water partition coefficient (Wildman–Crippen LogP) is 1.95. The molecule has 0 unspecified atom stereocenters. The summed E-state index contributed by atoms with van der Waals surface area (Å²) in [5.74, 6) is -0.540. The van der Waals surface area contributed by atoms with Gasteiger partial charge in [0.25, 0.3) is 11.8 Å². The quantitative estimate of drug-likeness (QED) is 0.499. The number of fused-ring (bicyclic) bond motifs is 1. The Hall–Kier alpha value is -2.22. The molecule has 3 rings (SSSR count). The van der Waals surface area contributed by atoms with Crippen molar-refractivity contribution >= 4 is 39.6 Å². The summed E-state index contributed by atoms with van der Waals surface area (Å²) in [5.41, 5.74) is 0.805. The summed E-state index contributed by atoms with van der Waals surface area (Å²) in [6.07, 6.45) is 2.94. The van der Waals surface area contributed by atoms with Crippen molar-refractivity contribution in [3.8, 4) is 0 Å². The Morgan fingerprint density at radius 2 is 1.85 bits per heavy atom. The highest BCUT2D eigenvalue weighted by Crippen LogP contribution is 2.26. The van der Waals surface area contributed by atoms with Crippen LogP contribution in [0.2, 0.25) is 0 Å². The van der Waals surface area contributed by atoms with Gasteiger partial charge in [-0.1, -0.05) is 15.9 Å². The molecule has 2 heterocycles. The molecule has 1 N–H and O–H groups in total. The first-order chi connectivity index (χ1) is 13.0. The van der Waals surface area contributed by atoms with Gasteiger partial charge in [-0.25, -0.2) is 0 Å². The van der Waals surface area contributed by atoms with Gasteiger partial charge in [0.15, 0.2) is 0 Å². The molecule has 1 fully saturated rings. The zero-order valence-corrected chi connectivity index (χ0v) is 16.6. The van der Waals surface area contributed by atoms with Gasteiger partial charge >= 0.3 is 0 Å². The van der Waals surface area contributed by atoms with Crippen molar-refractivity contribution < 1.29 is 19.2 Å². The summed E-state index contributed by atoms with van der Waals surface area (Å²) in [4.78, 5) is 51.1. The van der Waals surface area contributed by atoms with Crippen molar-refractivity contribution in [1.29, 1.82) is 0 Å². The molecule has 0 spiro atoms. The van der Waals surface area contributed by atoms with Gasteiger partial charge in [0.2, 0.25) is 11.8 Å². The van der Waals surface area contributed by atoms with Crippen molar-refractivity contribution in [2.24, 2.45) is 0 Å². The zero-order valence-electron chi connectivity index (χ0n) is 15.0. The van der Waals surface area contributed by atoms with Crippen molar-refractivity contribution in [2.75, 3.05) is 26.2 Å². The highest BCUT2D eigenvalue weighted by molar-refractivity contribution is 9.10. The Labute approximate surface area is 166 Å². The third-order valence-corrected chi connectivity index (χ3v) is 5.31. The lowest BCUT2D eigenvalue weighted by molar-refractivity contribution is -0.127. The van der Waals surface area contributed by atoms with E-state index in [4.69, 9.17) is 0 Å². The number of carbonyl (C=O) groups excluding carboxylic acids is 4. The predicted molar refractivity (Wildman–Crippen MR) is 102 cm³/mol. The van der Waals surface area contributed by atoms with Gasteiger partial charge in [-0.15, -0.1) is 0 Å². The standard InChI is InChI=1S/C19H22BrN3O4/c20-13-6-7-14-15(12-13)19(27)23(18(14)26)11-1-4-16(24)21-8-3-10-22-9-2-5-17(22)25/h6-7,12H,1-5,8-11H2,(H,21,24). The second-order valence-electron chi connectivity index (χ2n) is 6.74. The number of rotatable bonds is 8. The lowest BCUT2D eigenvalue weighted by atomic mass is 10.1. The minimum Gasteiger partial charge on any atom is -0.356 e. The number of nitrogens with zero attached hydrogens (tertiary/aromatic N) is 2. The molecule has 0 aromatic heterocycles. The monoisotopic (exact) mass is 435 g/mol. The summed E-state index contributed by atoms with van der Waals surface area (Å²) in [5, 5.41) is 2.82. The lowest BCUT2D eigenvalue weighted by Gasteiger charge is -2.15. The molecule has 8 heteroatoms. The molecule has 1 aromatic rings. The van der Waals surface area contributed by atoms with E-state index < -0.39 is 0 Å². The number of benzene rings is 1. The molecule has 0 bridgehead atoms. The number of halogens is 1. The van der Waals surface area contributed by atoms with Gasteiger partial charge in [-0.3, -0.25) is 24.1 Å². The van der Waals surface area contributed by atoms with Crippen LogP contribution in [0.15, 0.2) is 22.7 Å². The summed E-state index contributed by atoms with van der Waals surface area (Å²) >= 11 is 3.30. The minimum absolute atomic E-state index is 0.109. The topological polar surface area (TPSA) is 86.8 Å². The average molecular weight is 436 g/mol. The fraction of sp³-hybridized carbons (Fsp3) is 0.474. The molecule has 2 aliphatic rings. The molecule has 1 saturated heterocycles. The Bertz CT molecular complexity index is 780. The summed E-state index contributed by atoms with van der Waals surface area (Å²) < 4.78 is 0.749. The van der Waals surface area contributed by atoms with Gasteiger partial charge < -0.3 is 10.2 Å². The van der Waals surface area contributed by atoms with Gasteiger partial charge in [-0.05, 0) is 37.5 Å². The van der Waals surface area contributed by atoms with Crippen molar-refractivity contribution in [1.82, 2.24) is 15.1 Å². The Balaban J connectivity index is 1.36. The first-order valence-electron chi connectivity index (χ1n) is 9.17. The number of likely N-dealkylation sites (tertiary alicyclic amines) is 1. The number of hydrogen-bond acceptors (Lipinski definition) is 4. The third-order valence-electron chi connectivity index (χ3n) is 4.82. The van der Waals surface area contributed by atoms with Crippen LogP contribution >= 0.6 is 15.9 Å². The third kappa shape index (κ3) is 4.55. The Morgan fingerprint density at radius 1 is 1.07 bits per heavy atom. The Morgan fingerprint density at radius 3 is 2.59 bits per heavy atom. The van der Waals surface area contributed by atoms with E-state index in [1.807, 2.05) is 4.90 Å². The van der Waals surface area contributed by atoms with Crippen molar-refractivity contribution in [2.45, 2.75) is 32.1 Å². The summed E-state index contributed by atoms with van der Waals surface area (Å²) in [7, 11) is 0. The van der Waals surface area contributed by atoms with E-state index in [2.05, 4.69) is 21.2 Å². The van der Waals surface area contributed by atoms with E-state index in [1.165, 1.54) is 4.90 Å². The molecule has 144 valence electrons. The fourth-order valence-corrected chi connectivity index (χ4v) is 3.75. The number of nitrogens with one attached hydrogen (secondary N) is 1. The number of hydrogen-bond donors (Lipinski definition) is 1. The maximum atomic E-state index is 12.3. The molecular weight excluding hydrogens is 414 g/mol. The van der Waals surface area contributed by atoms with E-state index in [9.17, 15) is 19.2 Å². The molecule has 0 saturated carbocycles. The molecule has 0 atom stereocenters. The zero-order chi connectivity index (χ0) is 19.4. The van der Waals surface area contributed by atoms with Crippen LogP contribution < -0.4 is 5.32 Å². The highest BCUT2D eigenvalue weighted by atomic mass is 79.9. The van der Waals surface area contributed by atoms with E-state index in [0.717, 1.165) is 23.9 Å². The number of carbonyl (C=O) groups is 4.